The molecule has 1 rings (SSSR count). The smallest absolute Gasteiger partial charge is 0.00364 e. The molecule has 0 amide bonds. The minimum atomic E-state index is 0.699. The molecule has 0 saturated heterocycles. The molecule has 2 N–H and O–H groups in total. The molecular weight excluding hydrogens is 158 g/mol. The number of rotatable bonds is 3. The summed E-state index contributed by atoms with van der Waals surface area (Å²) in [6.45, 7) is 8.75. The first-order valence-corrected chi connectivity index (χ1v) is 4.61. The SMILES string of the molecule is C=Cc1cc(C)cc(C)c1CCN. The summed E-state index contributed by atoms with van der Waals surface area (Å²) in [4.78, 5) is 0. The van der Waals surface area contributed by atoms with Crippen molar-refractivity contribution < 1.29 is 0 Å². The van der Waals surface area contributed by atoms with Crippen molar-refractivity contribution in [1.29, 1.82) is 0 Å². The average Bonchev–Trinajstić information content (AvgIpc) is 2.09. The zero-order valence-electron chi connectivity index (χ0n) is 8.43. The second-order valence-electron chi connectivity index (χ2n) is 3.39. The van der Waals surface area contributed by atoms with E-state index in [0.717, 1.165) is 6.42 Å². The van der Waals surface area contributed by atoms with Crippen LogP contribution < -0.4 is 5.73 Å². The minimum Gasteiger partial charge on any atom is -0.330 e. The maximum atomic E-state index is 5.56. The van der Waals surface area contributed by atoms with E-state index in [0.29, 0.717) is 6.54 Å². The van der Waals surface area contributed by atoms with Crippen LogP contribution in [0.25, 0.3) is 6.08 Å². The van der Waals surface area contributed by atoms with Gasteiger partial charge in [0.2, 0.25) is 0 Å². The van der Waals surface area contributed by atoms with Crippen molar-refractivity contribution in [2.45, 2.75) is 20.3 Å². The third-order valence-corrected chi connectivity index (χ3v) is 2.27. The van der Waals surface area contributed by atoms with E-state index in [-0.39, 0.29) is 0 Å². The zero-order valence-corrected chi connectivity index (χ0v) is 8.43. The van der Waals surface area contributed by atoms with Crippen LogP contribution in [0.2, 0.25) is 0 Å². The molecule has 1 heteroatoms. The molecule has 0 spiro atoms. The number of benzene rings is 1. The molecule has 0 atom stereocenters. The largest absolute Gasteiger partial charge is 0.330 e. The first-order chi connectivity index (χ1) is 6.19. The summed E-state index contributed by atoms with van der Waals surface area (Å²) >= 11 is 0. The second-order valence-corrected chi connectivity index (χ2v) is 3.39. The van der Waals surface area contributed by atoms with Gasteiger partial charge in [0.15, 0.2) is 0 Å². The molecule has 13 heavy (non-hydrogen) atoms. The van der Waals surface area contributed by atoms with E-state index >= 15 is 0 Å². The Morgan fingerprint density at radius 1 is 1.38 bits per heavy atom. The van der Waals surface area contributed by atoms with Gasteiger partial charge in [-0.05, 0) is 43.5 Å². The number of hydrogen-bond acceptors (Lipinski definition) is 1. The van der Waals surface area contributed by atoms with Crippen LogP contribution in [0, 0.1) is 13.8 Å². The van der Waals surface area contributed by atoms with Crippen LogP contribution in [0.4, 0.5) is 0 Å². The van der Waals surface area contributed by atoms with Crippen molar-refractivity contribution >= 4 is 6.08 Å². The van der Waals surface area contributed by atoms with E-state index < -0.39 is 0 Å². The van der Waals surface area contributed by atoms with Crippen molar-refractivity contribution in [3.05, 3.63) is 41.0 Å². The second kappa shape index (κ2) is 4.24. The molecule has 0 unspecified atom stereocenters. The standard InChI is InChI=1S/C12H17N/c1-4-11-8-9(2)7-10(3)12(11)5-6-13/h4,7-8H,1,5-6,13H2,2-3H3. The summed E-state index contributed by atoms with van der Waals surface area (Å²) in [7, 11) is 0. The molecule has 0 bridgehead atoms. The van der Waals surface area contributed by atoms with Crippen LogP contribution in [0.3, 0.4) is 0 Å². The molecule has 0 heterocycles. The molecule has 0 aliphatic carbocycles. The van der Waals surface area contributed by atoms with Gasteiger partial charge in [0.25, 0.3) is 0 Å². The maximum absolute atomic E-state index is 5.56. The minimum absolute atomic E-state index is 0.699. The highest BCUT2D eigenvalue weighted by Crippen LogP contribution is 2.18. The van der Waals surface area contributed by atoms with Crippen molar-refractivity contribution in [2.24, 2.45) is 5.73 Å². The highest BCUT2D eigenvalue weighted by atomic mass is 14.5. The lowest BCUT2D eigenvalue weighted by molar-refractivity contribution is 0.953. The molecule has 0 fully saturated rings. The molecule has 1 aromatic carbocycles. The van der Waals surface area contributed by atoms with Gasteiger partial charge in [0.05, 0.1) is 0 Å². The molecule has 0 aromatic heterocycles. The summed E-state index contributed by atoms with van der Waals surface area (Å²) < 4.78 is 0. The summed E-state index contributed by atoms with van der Waals surface area (Å²) in [6, 6.07) is 4.35. The fourth-order valence-electron chi connectivity index (χ4n) is 1.70. The fourth-order valence-corrected chi connectivity index (χ4v) is 1.70. The van der Waals surface area contributed by atoms with Crippen molar-refractivity contribution in [1.82, 2.24) is 0 Å². The van der Waals surface area contributed by atoms with Crippen LogP contribution in [0.5, 0.6) is 0 Å². The van der Waals surface area contributed by atoms with Gasteiger partial charge in [-0.2, -0.15) is 0 Å². The normalized spacial score (nSPS) is 10.1. The number of hydrogen-bond donors (Lipinski definition) is 1. The van der Waals surface area contributed by atoms with Crippen molar-refractivity contribution in [3.8, 4) is 0 Å². The van der Waals surface area contributed by atoms with Crippen molar-refractivity contribution in [3.63, 3.8) is 0 Å². The van der Waals surface area contributed by atoms with Gasteiger partial charge in [-0.25, -0.2) is 0 Å². The Labute approximate surface area is 80.3 Å². The maximum Gasteiger partial charge on any atom is -0.00364 e. The van der Waals surface area contributed by atoms with Gasteiger partial charge in [-0.15, -0.1) is 0 Å². The molecular formula is C12H17N. The summed E-state index contributed by atoms with van der Waals surface area (Å²) in [5.74, 6) is 0. The molecule has 0 aliphatic heterocycles. The number of aryl methyl sites for hydroxylation is 2. The molecule has 0 aliphatic rings. The monoisotopic (exact) mass is 175 g/mol. The van der Waals surface area contributed by atoms with Gasteiger partial charge in [0.1, 0.15) is 0 Å². The van der Waals surface area contributed by atoms with E-state index in [1.54, 1.807) is 0 Å². The van der Waals surface area contributed by atoms with Crippen LogP contribution in [0.15, 0.2) is 18.7 Å². The molecule has 1 nitrogen and oxygen atoms in total. The fraction of sp³-hybridized carbons (Fsp3) is 0.333. The first kappa shape index (κ1) is 10.0. The Bertz CT molecular complexity index is 313. The van der Waals surface area contributed by atoms with Gasteiger partial charge < -0.3 is 5.73 Å². The number of nitrogens with two attached hydrogens (primary N) is 1. The Morgan fingerprint density at radius 2 is 2.08 bits per heavy atom. The highest BCUT2D eigenvalue weighted by molar-refractivity contribution is 5.55. The van der Waals surface area contributed by atoms with E-state index in [1.807, 2.05) is 6.08 Å². The summed E-state index contributed by atoms with van der Waals surface area (Å²) in [6.07, 6.45) is 2.85. The lowest BCUT2D eigenvalue weighted by Crippen LogP contribution is -2.06. The Balaban J connectivity index is 3.21. The van der Waals surface area contributed by atoms with Gasteiger partial charge in [-0.3, -0.25) is 0 Å². The third-order valence-electron chi connectivity index (χ3n) is 2.27. The van der Waals surface area contributed by atoms with Gasteiger partial charge >= 0.3 is 0 Å². The topological polar surface area (TPSA) is 26.0 Å². The summed E-state index contributed by atoms with van der Waals surface area (Å²) in [5, 5.41) is 0. The lowest BCUT2D eigenvalue weighted by atomic mass is 9.96. The zero-order chi connectivity index (χ0) is 9.84. The van der Waals surface area contributed by atoms with Crippen LogP contribution in [0.1, 0.15) is 22.3 Å². The quantitative estimate of drug-likeness (QED) is 0.750. The van der Waals surface area contributed by atoms with Crippen molar-refractivity contribution in [2.75, 3.05) is 6.54 Å². The third kappa shape index (κ3) is 2.19. The van der Waals surface area contributed by atoms with E-state index in [2.05, 4.69) is 32.6 Å². The summed E-state index contributed by atoms with van der Waals surface area (Å²) in [5.41, 5.74) is 10.7. The van der Waals surface area contributed by atoms with Crippen LogP contribution in [-0.2, 0) is 6.42 Å². The first-order valence-electron chi connectivity index (χ1n) is 4.61. The molecule has 0 radical (unpaired) electrons. The van der Waals surface area contributed by atoms with Crippen LogP contribution in [-0.4, -0.2) is 6.54 Å². The van der Waals surface area contributed by atoms with Gasteiger partial charge in [0, 0.05) is 0 Å². The van der Waals surface area contributed by atoms with E-state index in [1.165, 1.54) is 22.3 Å². The molecule has 0 saturated carbocycles. The highest BCUT2D eigenvalue weighted by Gasteiger charge is 2.02. The van der Waals surface area contributed by atoms with Crippen LogP contribution >= 0.6 is 0 Å². The Hall–Kier alpha value is -1.08. The van der Waals surface area contributed by atoms with E-state index in [9.17, 15) is 0 Å². The average molecular weight is 175 g/mol. The molecule has 1 aromatic rings. The van der Waals surface area contributed by atoms with Gasteiger partial charge in [-0.1, -0.05) is 30.4 Å². The Kier molecular flexibility index (Phi) is 3.26. The predicted octanol–water partition coefficient (Wildman–Crippen LogP) is 2.45. The molecule has 70 valence electrons. The predicted molar refractivity (Wildman–Crippen MR) is 58.8 cm³/mol. The Morgan fingerprint density at radius 3 is 2.62 bits per heavy atom. The van der Waals surface area contributed by atoms with E-state index in [4.69, 9.17) is 5.73 Å². The lowest BCUT2D eigenvalue weighted by Gasteiger charge is -2.10.